The molecule has 3 N–H and O–H groups in total. The number of nitrogens with one attached hydrogen (secondary N) is 3. The lowest BCUT2D eigenvalue weighted by atomic mass is 10.1. The number of carbonyl (C=O) groups is 1. The van der Waals surface area contributed by atoms with Crippen LogP contribution < -0.4 is 15.8 Å². The molecule has 0 spiro atoms. The van der Waals surface area contributed by atoms with Gasteiger partial charge in [-0.15, -0.1) is 0 Å². The van der Waals surface area contributed by atoms with Crippen molar-refractivity contribution < 1.29 is 26.6 Å². The molecule has 0 aliphatic carbocycles. The van der Waals surface area contributed by atoms with Gasteiger partial charge in [-0.25, -0.2) is 17.6 Å². The lowest BCUT2D eigenvalue weighted by molar-refractivity contribution is 0.102. The molecule has 5 rings (SSSR count). The molecular weight excluding hydrogens is 561 g/mol. The van der Waals surface area contributed by atoms with Gasteiger partial charge in [0.15, 0.2) is 17.1 Å². The fourth-order valence-corrected chi connectivity index (χ4v) is 4.75. The number of carbonyl (C=O) groups excluding carboxylic acids is 1. The van der Waals surface area contributed by atoms with E-state index in [4.69, 9.17) is 4.52 Å². The highest BCUT2D eigenvalue weighted by molar-refractivity contribution is 9.10. The number of rotatable bonds is 6. The summed E-state index contributed by atoms with van der Waals surface area (Å²) in [6.07, 6.45) is 0. The number of halogens is 2. The Balaban J connectivity index is 1.45. The summed E-state index contributed by atoms with van der Waals surface area (Å²) in [7, 11) is -4.02. The Morgan fingerprint density at radius 3 is 2.50 bits per heavy atom. The van der Waals surface area contributed by atoms with Crippen LogP contribution in [-0.2, 0) is 10.0 Å². The largest absolute Gasteiger partial charge is 0.439 e. The van der Waals surface area contributed by atoms with Crippen LogP contribution in [0.3, 0.4) is 0 Å². The number of hydrogen-bond acceptors (Lipinski definition) is 8. The second-order valence-electron chi connectivity index (χ2n) is 7.39. The maximum absolute atomic E-state index is 13.2. The van der Waals surface area contributed by atoms with E-state index in [9.17, 15) is 22.4 Å². The van der Waals surface area contributed by atoms with Gasteiger partial charge >= 0.3 is 5.76 Å². The molecule has 2 heterocycles. The second-order valence-corrected chi connectivity index (χ2v) is 9.99. The second kappa shape index (κ2) is 9.05. The topological polar surface area (TPSA) is 160 Å². The Bertz CT molecular complexity index is 1780. The van der Waals surface area contributed by atoms with Crippen LogP contribution in [0.1, 0.15) is 10.5 Å². The zero-order valence-electron chi connectivity index (χ0n) is 17.8. The van der Waals surface area contributed by atoms with Gasteiger partial charge in [-0.2, -0.15) is 0 Å². The molecule has 2 aromatic heterocycles. The number of H-pyrrole nitrogens is 1. The fraction of sp³-hybridized carbons (Fsp3) is 0. The van der Waals surface area contributed by atoms with Gasteiger partial charge in [-0.1, -0.05) is 26.2 Å². The lowest BCUT2D eigenvalue weighted by Crippen LogP contribution is -2.14. The summed E-state index contributed by atoms with van der Waals surface area (Å²) in [5.41, 5.74) is 0.909. The van der Waals surface area contributed by atoms with E-state index in [0.29, 0.717) is 10.0 Å². The number of hydrogen-bond donors (Lipinski definition) is 3. The van der Waals surface area contributed by atoms with Crippen molar-refractivity contribution in [3.05, 3.63) is 87.2 Å². The summed E-state index contributed by atoms with van der Waals surface area (Å²) >= 11 is 3.33. The average Bonchev–Trinajstić information content (AvgIpc) is 3.46. The van der Waals surface area contributed by atoms with E-state index < -0.39 is 27.5 Å². The fourth-order valence-electron chi connectivity index (χ4n) is 3.34. The molecular formula is C22H13BrFN5O6S. The van der Waals surface area contributed by atoms with E-state index in [-0.39, 0.29) is 38.8 Å². The van der Waals surface area contributed by atoms with Crippen LogP contribution in [0, 0.1) is 5.82 Å². The van der Waals surface area contributed by atoms with Crippen LogP contribution in [0.15, 0.2) is 83.9 Å². The van der Waals surface area contributed by atoms with Crippen molar-refractivity contribution in [3.8, 4) is 11.4 Å². The number of aromatic amines is 1. The lowest BCUT2D eigenvalue weighted by Gasteiger charge is -2.09. The number of benzene rings is 3. The molecule has 182 valence electrons. The molecule has 0 aliphatic heterocycles. The van der Waals surface area contributed by atoms with Crippen LogP contribution in [0.2, 0.25) is 0 Å². The summed E-state index contributed by atoms with van der Waals surface area (Å²) in [6.45, 7) is 0. The van der Waals surface area contributed by atoms with E-state index in [0.717, 1.165) is 24.3 Å². The van der Waals surface area contributed by atoms with E-state index in [1.54, 1.807) is 18.2 Å². The molecule has 36 heavy (non-hydrogen) atoms. The maximum atomic E-state index is 13.2. The van der Waals surface area contributed by atoms with Gasteiger partial charge in [-0.05, 0) is 60.7 Å². The van der Waals surface area contributed by atoms with Crippen molar-refractivity contribution in [1.29, 1.82) is 0 Å². The van der Waals surface area contributed by atoms with Gasteiger partial charge in [0, 0.05) is 15.7 Å². The summed E-state index contributed by atoms with van der Waals surface area (Å²) < 4.78 is 51.3. The molecule has 0 radical (unpaired) electrons. The first-order chi connectivity index (χ1) is 17.2. The summed E-state index contributed by atoms with van der Waals surface area (Å²) in [5.74, 6) is -1.90. The zero-order chi connectivity index (χ0) is 25.4. The third kappa shape index (κ3) is 4.63. The standard InChI is InChI=1S/C22H13BrFN5O6S/c23-11-1-7-17(15(9-11)20-26-22(31)35-28-20)25-21(30)19-16-10-13(4-8-18(16)34-27-19)29-36(32,33)14-5-2-12(24)3-6-14/h1-10,29H,(H,25,30)(H,26,28,31). The van der Waals surface area contributed by atoms with Gasteiger partial charge in [0.1, 0.15) is 5.82 Å². The minimum absolute atomic E-state index is 0.0964. The Morgan fingerprint density at radius 1 is 1.00 bits per heavy atom. The molecule has 1 amide bonds. The zero-order valence-corrected chi connectivity index (χ0v) is 20.2. The Hall–Kier alpha value is -4.30. The Labute approximate surface area is 209 Å². The number of aromatic nitrogens is 3. The third-order valence-corrected chi connectivity index (χ3v) is 6.88. The van der Waals surface area contributed by atoms with E-state index >= 15 is 0 Å². The van der Waals surface area contributed by atoms with Gasteiger partial charge < -0.3 is 9.84 Å². The van der Waals surface area contributed by atoms with Crippen molar-refractivity contribution in [2.75, 3.05) is 10.0 Å². The quantitative estimate of drug-likeness (QED) is 0.273. The van der Waals surface area contributed by atoms with Gasteiger partial charge in [0.05, 0.1) is 16.0 Å². The van der Waals surface area contributed by atoms with Gasteiger partial charge in [0.25, 0.3) is 15.9 Å². The first-order valence-electron chi connectivity index (χ1n) is 10.0. The third-order valence-electron chi connectivity index (χ3n) is 4.99. The van der Waals surface area contributed by atoms with Crippen LogP contribution in [0.5, 0.6) is 0 Å². The smallest absolute Gasteiger partial charge is 0.355 e. The molecule has 0 fully saturated rings. The van der Waals surface area contributed by atoms with E-state index in [1.165, 1.54) is 18.2 Å². The molecule has 0 unspecified atom stereocenters. The molecule has 14 heteroatoms. The summed E-state index contributed by atoms with van der Waals surface area (Å²) in [4.78, 5) is 26.7. The monoisotopic (exact) mass is 573 g/mol. The van der Waals surface area contributed by atoms with Gasteiger partial charge in [0.2, 0.25) is 0 Å². The number of amides is 1. The molecule has 0 aliphatic rings. The van der Waals surface area contributed by atoms with Crippen LogP contribution >= 0.6 is 15.9 Å². The number of fused-ring (bicyclic) bond motifs is 1. The van der Waals surface area contributed by atoms with Crippen LogP contribution in [0.25, 0.3) is 22.4 Å². The highest BCUT2D eigenvalue weighted by Gasteiger charge is 2.21. The maximum Gasteiger partial charge on any atom is 0.439 e. The van der Waals surface area contributed by atoms with Crippen molar-refractivity contribution in [2.24, 2.45) is 0 Å². The molecule has 0 saturated heterocycles. The SMILES string of the molecule is O=C(Nc1ccc(Br)cc1-c1noc(=O)[nH]1)c1noc2ccc(NS(=O)(=O)c3ccc(F)cc3)cc12. The van der Waals surface area contributed by atoms with Crippen LogP contribution in [-0.4, -0.2) is 29.6 Å². The molecule has 0 saturated carbocycles. The normalized spacial score (nSPS) is 11.5. The first kappa shape index (κ1) is 23.4. The molecule has 0 atom stereocenters. The first-order valence-corrected chi connectivity index (χ1v) is 12.3. The number of nitrogens with zero attached hydrogens (tertiary/aromatic N) is 2. The predicted octanol–water partition coefficient (Wildman–Crippen LogP) is 4.13. The summed E-state index contributed by atoms with van der Waals surface area (Å²) in [5, 5.41) is 10.4. The molecule has 3 aromatic carbocycles. The van der Waals surface area contributed by atoms with E-state index in [2.05, 4.69) is 45.8 Å². The van der Waals surface area contributed by atoms with Crippen LogP contribution in [0.4, 0.5) is 15.8 Å². The number of sulfonamides is 1. The van der Waals surface area contributed by atoms with Crippen molar-refractivity contribution in [2.45, 2.75) is 4.90 Å². The minimum atomic E-state index is -4.02. The number of anilines is 2. The van der Waals surface area contributed by atoms with E-state index in [1.807, 2.05) is 0 Å². The minimum Gasteiger partial charge on any atom is -0.355 e. The average molecular weight is 574 g/mol. The molecule has 0 bridgehead atoms. The Kier molecular flexibility index (Phi) is 5.89. The highest BCUT2D eigenvalue weighted by atomic mass is 79.9. The predicted molar refractivity (Wildman–Crippen MR) is 129 cm³/mol. The van der Waals surface area contributed by atoms with Crippen molar-refractivity contribution in [3.63, 3.8) is 0 Å². The Morgan fingerprint density at radius 2 is 1.78 bits per heavy atom. The van der Waals surface area contributed by atoms with Crippen molar-refractivity contribution in [1.82, 2.24) is 15.3 Å². The van der Waals surface area contributed by atoms with Gasteiger partial charge in [-0.3, -0.25) is 19.0 Å². The highest BCUT2D eigenvalue weighted by Crippen LogP contribution is 2.30. The summed E-state index contributed by atoms with van der Waals surface area (Å²) in [6, 6.07) is 13.5. The molecule has 11 nitrogen and oxygen atoms in total. The van der Waals surface area contributed by atoms with Crippen molar-refractivity contribution >= 4 is 54.2 Å². The molecule has 5 aromatic rings.